The molecule has 32 heavy (non-hydrogen) atoms. The Morgan fingerprint density at radius 1 is 0.875 bits per heavy atom. The molecular formula is C22H17ClN4O5. The molecule has 3 aromatic rings. The summed E-state index contributed by atoms with van der Waals surface area (Å²) in [5, 5.41) is 28.1. The number of anilines is 2. The number of carbonyl (C=O) groups excluding carboxylic acids is 3. The van der Waals surface area contributed by atoms with E-state index in [1.54, 1.807) is 36.4 Å². The Morgan fingerprint density at radius 3 is 2.31 bits per heavy atom. The largest absolute Gasteiger partial charge is 0.508 e. The Hall–Kier alpha value is -4.37. The first-order valence-corrected chi connectivity index (χ1v) is 9.53. The Morgan fingerprint density at radius 2 is 1.59 bits per heavy atom. The molecule has 0 aliphatic carbocycles. The van der Waals surface area contributed by atoms with Gasteiger partial charge >= 0.3 is 11.8 Å². The van der Waals surface area contributed by atoms with E-state index in [-0.39, 0.29) is 28.3 Å². The van der Waals surface area contributed by atoms with Crippen molar-refractivity contribution in [1.82, 2.24) is 5.43 Å². The molecule has 162 valence electrons. The number of carbonyl (C=O) groups is 3. The summed E-state index contributed by atoms with van der Waals surface area (Å²) >= 11 is 5.83. The normalized spacial score (nSPS) is 10.5. The lowest BCUT2D eigenvalue weighted by atomic mass is 10.1. The molecule has 0 bridgehead atoms. The average Bonchev–Trinajstić information content (AvgIpc) is 2.77. The molecule has 0 fully saturated rings. The summed E-state index contributed by atoms with van der Waals surface area (Å²) in [6.07, 6.45) is 1.10. The maximum absolute atomic E-state index is 12.6. The van der Waals surface area contributed by atoms with Crippen molar-refractivity contribution in [2.45, 2.75) is 0 Å². The van der Waals surface area contributed by atoms with Crippen LogP contribution in [0.5, 0.6) is 11.5 Å². The summed E-state index contributed by atoms with van der Waals surface area (Å²) in [7, 11) is 0. The van der Waals surface area contributed by atoms with Crippen LogP contribution in [0.3, 0.4) is 0 Å². The van der Waals surface area contributed by atoms with Gasteiger partial charge in [0, 0.05) is 22.3 Å². The van der Waals surface area contributed by atoms with E-state index in [0.717, 1.165) is 12.3 Å². The molecule has 5 N–H and O–H groups in total. The third kappa shape index (κ3) is 5.83. The fraction of sp³-hybridized carbons (Fsp3) is 0. The van der Waals surface area contributed by atoms with E-state index in [2.05, 4.69) is 15.7 Å². The number of hydrazone groups is 1. The van der Waals surface area contributed by atoms with Gasteiger partial charge in [-0.05, 0) is 48.5 Å². The quantitative estimate of drug-likeness (QED) is 0.230. The third-order valence-corrected chi connectivity index (χ3v) is 4.36. The van der Waals surface area contributed by atoms with Gasteiger partial charge in [0.25, 0.3) is 5.91 Å². The molecule has 0 radical (unpaired) electrons. The summed E-state index contributed by atoms with van der Waals surface area (Å²) in [6.45, 7) is 0. The van der Waals surface area contributed by atoms with Gasteiger partial charge in [0.2, 0.25) is 0 Å². The van der Waals surface area contributed by atoms with Crippen molar-refractivity contribution in [1.29, 1.82) is 0 Å². The highest BCUT2D eigenvalue weighted by atomic mass is 35.5. The minimum Gasteiger partial charge on any atom is -0.508 e. The standard InChI is InChI=1S/C22H17ClN4O5/c23-14-6-8-15(9-7-14)25-20(30)17-3-1-2-4-18(17)26-21(31)22(32)27-24-12-13-5-10-16(28)11-19(13)29/h1-12,28-29H,(H,25,30)(H,26,31)(H,27,32)/b24-12-. The van der Waals surface area contributed by atoms with Crippen molar-refractivity contribution < 1.29 is 24.6 Å². The summed E-state index contributed by atoms with van der Waals surface area (Å²) in [6, 6.07) is 16.4. The molecule has 0 spiro atoms. The number of hydrogen-bond donors (Lipinski definition) is 5. The van der Waals surface area contributed by atoms with Crippen LogP contribution in [0.1, 0.15) is 15.9 Å². The lowest BCUT2D eigenvalue weighted by Crippen LogP contribution is -2.33. The molecule has 0 aliphatic heterocycles. The first-order valence-electron chi connectivity index (χ1n) is 9.16. The van der Waals surface area contributed by atoms with E-state index in [9.17, 15) is 24.6 Å². The van der Waals surface area contributed by atoms with E-state index >= 15 is 0 Å². The van der Waals surface area contributed by atoms with Crippen LogP contribution in [0.2, 0.25) is 5.02 Å². The zero-order valence-corrected chi connectivity index (χ0v) is 17.1. The first kappa shape index (κ1) is 22.3. The van der Waals surface area contributed by atoms with Crippen LogP contribution < -0.4 is 16.1 Å². The van der Waals surface area contributed by atoms with Gasteiger partial charge in [0.05, 0.1) is 17.5 Å². The van der Waals surface area contributed by atoms with Crippen molar-refractivity contribution >= 4 is 46.9 Å². The first-order chi connectivity index (χ1) is 15.3. The molecule has 3 amide bonds. The number of aromatic hydroxyl groups is 2. The Kier molecular flexibility index (Phi) is 7.04. The van der Waals surface area contributed by atoms with Crippen LogP contribution >= 0.6 is 11.6 Å². The van der Waals surface area contributed by atoms with Crippen LogP contribution in [0.4, 0.5) is 11.4 Å². The molecule has 0 unspecified atom stereocenters. The molecule has 0 saturated heterocycles. The zero-order chi connectivity index (χ0) is 23.1. The molecule has 3 aromatic carbocycles. The van der Waals surface area contributed by atoms with Gasteiger partial charge in [-0.3, -0.25) is 14.4 Å². The van der Waals surface area contributed by atoms with E-state index in [1.165, 1.54) is 24.3 Å². The number of hydrogen-bond acceptors (Lipinski definition) is 6. The highest BCUT2D eigenvalue weighted by molar-refractivity contribution is 6.40. The van der Waals surface area contributed by atoms with Crippen molar-refractivity contribution in [3.63, 3.8) is 0 Å². The molecule has 0 atom stereocenters. The third-order valence-electron chi connectivity index (χ3n) is 4.11. The second kappa shape index (κ2) is 10.1. The number of benzene rings is 3. The van der Waals surface area contributed by atoms with Crippen LogP contribution in [-0.2, 0) is 9.59 Å². The van der Waals surface area contributed by atoms with Gasteiger partial charge in [-0.1, -0.05) is 23.7 Å². The minimum atomic E-state index is -1.09. The average molecular weight is 453 g/mol. The van der Waals surface area contributed by atoms with E-state index in [0.29, 0.717) is 10.7 Å². The van der Waals surface area contributed by atoms with Gasteiger partial charge in [-0.15, -0.1) is 0 Å². The SMILES string of the molecule is O=C(N/N=C\c1ccc(O)cc1O)C(=O)Nc1ccccc1C(=O)Nc1ccc(Cl)cc1. The summed E-state index contributed by atoms with van der Waals surface area (Å²) in [5.74, 6) is -3.03. The van der Waals surface area contributed by atoms with E-state index in [1.807, 2.05) is 5.43 Å². The summed E-state index contributed by atoms with van der Waals surface area (Å²) < 4.78 is 0. The zero-order valence-electron chi connectivity index (χ0n) is 16.4. The van der Waals surface area contributed by atoms with Crippen LogP contribution in [0, 0.1) is 0 Å². The van der Waals surface area contributed by atoms with Crippen molar-refractivity contribution in [2.75, 3.05) is 10.6 Å². The fourth-order valence-electron chi connectivity index (χ4n) is 2.55. The lowest BCUT2D eigenvalue weighted by molar-refractivity contribution is -0.136. The van der Waals surface area contributed by atoms with Gasteiger partial charge in [0.1, 0.15) is 11.5 Å². The van der Waals surface area contributed by atoms with Gasteiger partial charge < -0.3 is 20.8 Å². The van der Waals surface area contributed by atoms with Gasteiger partial charge in [-0.2, -0.15) is 5.10 Å². The molecule has 3 rings (SSSR count). The van der Waals surface area contributed by atoms with Gasteiger partial charge in [-0.25, -0.2) is 5.43 Å². The van der Waals surface area contributed by atoms with Crippen LogP contribution in [-0.4, -0.2) is 34.1 Å². The summed E-state index contributed by atoms with van der Waals surface area (Å²) in [5.41, 5.74) is 3.00. The van der Waals surface area contributed by atoms with Gasteiger partial charge in [0.15, 0.2) is 0 Å². The second-order valence-electron chi connectivity index (χ2n) is 6.40. The molecular weight excluding hydrogens is 436 g/mol. The smallest absolute Gasteiger partial charge is 0.329 e. The fourth-order valence-corrected chi connectivity index (χ4v) is 2.68. The number of halogens is 1. The monoisotopic (exact) mass is 452 g/mol. The van der Waals surface area contributed by atoms with E-state index < -0.39 is 17.7 Å². The maximum Gasteiger partial charge on any atom is 0.329 e. The number of nitrogens with zero attached hydrogens (tertiary/aromatic N) is 1. The maximum atomic E-state index is 12.6. The number of amides is 3. The molecule has 0 heterocycles. The topological polar surface area (TPSA) is 140 Å². The predicted octanol–water partition coefficient (Wildman–Crippen LogP) is 3.09. The van der Waals surface area contributed by atoms with Crippen molar-refractivity contribution in [2.24, 2.45) is 5.10 Å². The Balaban J connectivity index is 1.64. The lowest BCUT2D eigenvalue weighted by Gasteiger charge is -2.11. The molecule has 10 heteroatoms. The number of phenolic OH excluding ortho intramolecular Hbond substituents is 2. The van der Waals surface area contributed by atoms with Crippen LogP contribution in [0.25, 0.3) is 0 Å². The molecule has 0 aliphatic rings. The number of rotatable bonds is 5. The van der Waals surface area contributed by atoms with Crippen molar-refractivity contribution in [3.05, 3.63) is 82.9 Å². The number of phenols is 2. The minimum absolute atomic E-state index is 0.124. The molecule has 9 nitrogen and oxygen atoms in total. The number of para-hydroxylation sites is 1. The Labute approximate surface area is 187 Å². The Bertz CT molecular complexity index is 1200. The number of nitrogens with one attached hydrogen (secondary N) is 3. The highest BCUT2D eigenvalue weighted by Gasteiger charge is 2.18. The van der Waals surface area contributed by atoms with Crippen molar-refractivity contribution in [3.8, 4) is 11.5 Å². The summed E-state index contributed by atoms with van der Waals surface area (Å²) in [4.78, 5) is 36.8. The highest BCUT2D eigenvalue weighted by Crippen LogP contribution is 2.21. The molecule has 0 saturated carbocycles. The second-order valence-corrected chi connectivity index (χ2v) is 6.84. The van der Waals surface area contributed by atoms with E-state index in [4.69, 9.17) is 11.6 Å². The predicted molar refractivity (Wildman–Crippen MR) is 120 cm³/mol. The van der Waals surface area contributed by atoms with Crippen LogP contribution in [0.15, 0.2) is 71.8 Å². The molecule has 0 aromatic heterocycles.